The lowest BCUT2D eigenvalue weighted by Crippen LogP contribution is -2.37. The Labute approximate surface area is 323 Å². The minimum absolute atomic E-state index is 0.0160. The number of hydrogen-bond acceptors (Lipinski definition) is 14. The van der Waals surface area contributed by atoms with Gasteiger partial charge in [-0.2, -0.15) is 0 Å². The molecule has 4 atom stereocenters. The first-order valence-corrected chi connectivity index (χ1v) is 22.4. The molecule has 278 valence electrons. The third kappa shape index (κ3) is 5.47. The summed E-state index contributed by atoms with van der Waals surface area (Å²) in [5.74, 6) is 6.57. The molecule has 0 aliphatic carbocycles. The van der Waals surface area contributed by atoms with Gasteiger partial charge in [-0.15, -0.1) is 46.2 Å². The van der Waals surface area contributed by atoms with Crippen LogP contribution in [-0.4, -0.2) is 82.2 Å². The summed E-state index contributed by atoms with van der Waals surface area (Å²) >= 11 is 8.92. The van der Waals surface area contributed by atoms with Gasteiger partial charge >= 0.3 is 0 Å². The summed E-state index contributed by atoms with van der Waals surface area (Å²) in [7, 11) is 0. The minimum Gasteiger partial charge on any atom is -0.496 e. The van der Waals surface area contributed by atoms with Gasteiger partial charge < -0.3 is 42.6 Å². The van der Waals surface area contributed by atoms with Crippen LogP contribution in [0.25, 0.3) is 9.81 Å². The quantitative estimate of drug-likeness (QED) is 0.303. The van der Waals surface area contributed by atoms with E-state index in [9.17, 15) is 0 Å². The van der Waals surface area contributed by atoms with E-state index in [2.05, 4.69) is 34.6 Å². The number of fused-ring (bicyclic) bond motifs is 3. The Bertz CT molecular complexity index is 2150. The lowest BCUT2D eigenvalue weighted by Gasteiger charge is -2.29. The van der Waals surface area contributed by atoms with Crippen LogP contribution in [-0.2, 0) is 23.7 Å². The Kier molecular flexibility index (Phi) is 8.80. The van der Waals surface area contributed by atoms with Crippen molar-refractivity contribution in [3.05, 3.63) is 50.8 Å². The molecule has 10 rings (SSSR count). The fraction of sp³-hybridized carbons (Fsp3) is 0.579. The first-order valence-electron chi connectivity index (χ1n) is 18.2. The maximum Gasteiger partial charge on any atom is 0.181 e. The van der Waals surface area contributed by atoms with Crippen molar-refractivity contribution in [1.29, 1.82) is 0 Å². The van der Waals surface area contributed by atoms with Crippen LogP contribution in [0.2, 0.25) is 0 Å². The van der Waals surface area contributed by atoms with E-state index in [0.717, 1.165) is 92.6 Å². The highest BCUT2D eigenvalue weighted by molar-refractivity contribution is 8.13. The van der Waals surface area contributed by atoms with Crippen molar-refractivity contribution in [3.63, 3.8) is 0 Å². The molecular weight excluding hydrogens is 761 g/mol. The second-order valence-corrected chi connectivity index (χ2v) is 20.5. The standard InChI is InChI=1S/C38H42O9S5/c1-17(2)28-19-18(7-6-8-39-19)29(48-28)30-20-21(41-10-9-40-20)31(49-30)32-22-23(43-12-11-42-22)33(50-32)34-24-25(45-14-13-44-24)35(51-34)36-26-27(47-16-15-46-26)37(52-36)38(3,4)5/h17,24-25,28,37H,6-16H2,1-5H3/b30-29+,32-31+,34-33+,36-35+. The molecule has 0 N–H and O–H groups in total. The van der Waals surface area contributed by atoms with E-state index in [1.54, 1.807) is 34.4 Å². The third-order valence-corrected chi connectivity index (χ3v) is 17.9. The highest BCUT2D eigenvalue weighted by Gasteiger charge is 2.49. The van der Waals surface area contributed by atoms with E-state index < -0.39 is 0 Å². The topological polar surface area (TPSA) is 83.1 Å². The van der Waals surface area contributed by atoms with Gasteiger partial charge in [-0.1, -0.05) is 46.4 Å². The Morgan fingerprint density at radius 1 is 0.577 bits per heavy atom. The molecular formula is C38H42O9S5. The fourth-order valence-electron chi connectivity index (χ4n) is 7.82. The Balaban J connectivity index is 1.20. The van der Waals surface area contributed by atoms with Gasteiger partial charge in [0.2, 0.25) is 0 Å². The molecule has 9 nitrogen and oxygen atoms in total. The van der Waals surface area contributed by atoms with E-state index in [-0.39, 0.29) is 22.9 Å². The van der Waals surface area contributed by atoms with Gasteiger partial charge in [0.05, 0.1) is 53.4 Å². The number of hydrogen-bond donors (Lipinski definition) is 0. The highest BCUT2D eigenvalue weighted by atomic mass is 32.2. The summed E-state index contributed by atoms with van der Waals surface area (Å²) in [5.41, 5.74) is 1.31. The number of ether oxygens (including phenoxy) is 9. The van der Waals surface area contributed by atoms with E-state index >= 15 is 0 Å². The molecule has 0 radical (unpaired) electrons. The molecule has 10 heterocycles. The fourth-order valence-corrected chi connectivity index (χ4v) is 15.0. The lowest BCUT2D eigenvalue weighted by molar-refractivity contribution is -0.0949. The smallest absolute Gasteiger partial charge is 0.181 e. The summed E-state index contributed by atoms with van der Waals surface area (Å²) in [6.07, 6.45) is 1.52. The van der Waals surface area contributed by atoms with E-state index in [1.165, 1.54) is 10.5 Å². The largest absolute Gasteiger partial charge is 0.496 e. The molecule has 0 bridgehead atoms. The summed E-state index contributed by atoms with van der Waals surface area (Å²) in [6, 6.07) is 0. The van der Waals surface area contributed by atoms with Crippen molar-refractivity contribution >= 4 is 67.8 Å². The zero-order valence-corrected chi connectivity index (χ0v) is 34.0. The molecule has 8 aliphatic heterocycles. The zero-order chi connectivity index (χ0) is 35.3. The number of thiophene rings is 2. The van der Waals surface area contributed by atoms with Crippen molar-refractivity contribution in [2.24, 2.45) is 11.3 Å². The maximum absolute atomic E-state index is 6.57. The summed E-state index contributed by atoms with van der Waals surface area (Å²) in [6.45, 7) is 16.3. The molecule has 2 aromatic rings. The third-order valence-electron chi connectivity index (χ3n) is 10.1. The molecule has 14 heteroatoms. The average Bonchev–Trinajstić information content (AvgIpc) is 3.97. The van der Waals surface area contributed by atoms with Crippen LogP contribution in [0.1, 0.15) is 47.5 Å². The van der Waals surface area contributed by atoms with Gasteiger partial charge in [-0.25, -0.2) is 0 Å². The molecule has 4 unspecified atom stereocenters. The Morgan fingerprint density at radius 2 is 1.15 bits per heavy atom. The lowest BCUT2D eigenvalue weighted by atomic mass is 9.90. The van der Waals surface area contributed by atoms with Gasteiger partial charge in [-0.3, -0.25) is 0 Å². The van der Waals surface area contributed by atoms with Crippen molar-refractivity contribution < 1.29 is 42.6 Å². The highest BCUT2D eigenvalue weighted by Crippen LogP contribution is 2.58. The van der Waals surface area contributed by atoms with E-state index in [0.29, 0.717) is 64.0 Å². The van der Waals surface area contributed by atoms with Gasteiger partial charge in [0, 0.05) is 20.3 Å². The predicted molar refractivity (Wildman–Crippen MR) is 207 cm³/mol. The van der Waals surface area contributed by atoms with Gasteiger partial charge in [-0.05, 0) is 24.2 Å². The molecule has 2 aromatic heterocycles. The second kappa shape index (κ2) is 13.3. The molecule has 2 saturated heterocycles. The molecule has 0 aromatic carbocycles. The monoisotopic (exact) mass is 802 g/mol. The molecule has 0 spiro atoms. The Hall–Kier alpha value is -2.07. The van der Waals surface area contributed by atoms with Gasteiger partial charge in [0.25, 0.3) is 0 Å². The molecule has 0 amide bonds. The minimum atomic E-state index is -0.271. The van der Waals surface area contributed by atoms with Gasteiger partial charge in [0.15, 0.2) is 34.5 Å². The number of thioether (sulfide) groups is 3. The van der Waals surface area contributed by atoms with Crippen LogP contribution in [0, 0.1) is 20.4 Å². The van der Waals surface area contributed by atoms with Gasteiger partial charge in [0.1, 0.15) is 57.6 Å². The molecule has 52 heavy (non-hydrogen) atoms. The summed E-state index contributed by atoms with van der Waals surface area (Å²) in [5, 5.41) is 0.448. The van der Waals surface area contributed by atoms with Crippen LogP contribution in [0.4, 0.5) is 0 Å². The average molecular weight is 803 g/mol. The van der Waals surface area contributed by atoms with Crippen LogP contribution < -0.4 is 28.0 Å². The van der Waals surface area contributed by atoms with Crippen LogP contribution in [0.5, 0.6) is 23.0 Å². The number of rotatable bonds is 1. The van der Waals surface area contributed by atoms with Crippen molar-refractivity contribution in [2.45, 2.75) is 70.2 Å². The molecule has 8 aliphatic rings. The summed E-state index contributed by atoms with van der Waals surface area (Å²) in [4.78, 5) is 4.58. The van der Waals surface area contributed by atoms with Crippen LogP contribution in [0.3, 0.4) is 0 Å². The second-order valence-electron chi connectivity index (χ2n) is 15.1. The zero-order valence-electron chi connectivity index (χ0n) is 29.9. The van der Waals surface area contributed by atoms with Crippen LogP contribution >= 0.6 is 58.0 Å². The SMILES string of the molecule is CC(C)C1S/C(=c2/s/c(=c3/s/c(=C4/S/C(=C5/SC(C(C)(C)C)C6=C5OCCO6)C5OCCOC45)c4c3OCCO4)c3c2OCCO3)C2=C1OCCC2. The van der Waals surface area contributed by atoms with Crippen molar-refractivity contribution in [1.82, 2.24) is 0 Å². The first-order chi connectivity index (χ1) is 25.3. The molecule has 0 saturated carbocycles. The maximum atomic E-state index is 6.57. The van der Waals surface area contributed by atoms with Crippen molar-refractivity contribution in [2.75, 3.05) is 59.5 Å². The van der Waals surface area contributed by atoms with Crippen LogP contribution in [0.15, 0.2) is 32.7 Å². The normalized spacial score (nSPS) is 32.3. The van der Waals surface area contributed by atoms with E-state index in [1.807, 2.05) is 23.5 Å². The first kappa shape index (κ1) is 34.4. The van der Waals surface area contributed by atoms with E-state index in [4.69, 9.17) is 42.6 Å². The van der Waals surface area contributed by atoms with Crippen molar-refractivity contribution in [3.8, 4) is 23.0 Å². The predicted octanol–water partition coefficient (Wildman–Crippen LogP) is 6.85. The molecule has 2 fully saturated rings. The Morgan fingerprint density at radius 3 is 1.83 bits per heavy atom. The summed E-state index contributed by atoms with van der Waals surface area (Å²) < 4.78 is 62.1.